The Balaban J connectivity index is 1.10. The fourth-order valence-corrected chi connectivity index (χ4v) is 8.03. The summed E-state index contributed by atoms with van der Waals surface area (Å²) in [6.07, 6.45) is 15.9. The maximum absolute atomic E-state index is 2.60. The van der Waals surface area contributed by atoms with Gasteiger partial charge in [-0.1, -0.05) is 123 Å². The predicted molar refractivity (Wildman–Crippen MR) is 186 cm³/mol. The number of para-hydroxylation sites is 2. The van der Waals surface area contributed by atoms with Crippen LogP contribution in [0.1, 0.15) is 73.5 Å². The third-order valence-corrected chi connectivity index (χ3v) is 10.5. The van der Waals surface area contributed by atoms with Crippen LogP contribution in [0.15, 0.2) is 127 Å². The Kier molecular flexibility index (Phi) is 6.14. The molecule has 2 unspecified atom stereocenters. The summed E-state index contributed by atoms with van der Waals surface area (Å²) in [5.74, 6) is 0.404. The summed E-state index contributed by atoms with van der Waals surface area (Å²) in [4.78, 5) is 2.51. The highest BCUT2D eigenvalue weighted by Crippen LogP contribution is 2.48. The van der Waals surface area contributed by atoms with Crippen molar-refractivity contribution in [1.29, 1.82) is 0 Å². The van der Waals surface area contributed by atoms with Gasteiger partial charge in [-0.2, -0.15) is 0 Å². The van der Waals surface area contributed by atoms with Crippen molar-refractivity contribution < 1.29 is 0 Å². The Morgan fingerprint density at radius 1 is 0.682 bits per heavy atom. The molecule has 0 fully saturated rings. The van der Waals surface area contributed by atoms with Crippen LogP contribution in [-0.4, -0.2) is 10.6 Å². The van der Waals surface area contributed by atoms with Crippen molar-refractivity contribution in [1.82, 2.24) is 4.57 Å². The van der Waals surface area contributed by atoms with Crippen molar-refractivity contribution in [3.63, 3.8) is 0 Å². The molecular formula is C42H40N2. The molecular weight excluding hydrogens is 532 g/mol. The molecule has 2 heteroatoms. The lowest BCUT2D eigenvalue weighted by Gasteiger charge is -2.33. The number of allylic oxidation sites excluding steroid dienone is 3. The van der Waals surface area contributed by atoms with Gasteiger partial charge in [0.05, 0.1) is 11.6 Å². The van der Waals surface area contributed by atoms with Crippen LogP contribution in [0.4, 0.5) is 11.4 Å². The monoisotopic (exact) mass is 572 g/mol. The molecule has 2 atom stereocenters. The van der Waals surface area contributed by atoms with Crippen LogP contribution in [0, 0.1) is 0 Å². The fourth-order valence-electron chi connectivity index (χ4n) is 8.03. The summed E-state index contributed by atoms with van der Waals surface area (Å²) in [5, 5.41) is 1.36. The molecule has 0 spiro atoms. The number of hydrogen-bond acceptors (Lipinski definition) is 1. The summed E-state index contributed by atoms with van der Waals surface area (Å²) in [5.41, 5.74) is 11.9. The van der Waals surface area contributed by atoms with Crippen LogP contribution in [0.2, 0.25) is 0 Å². The van der Waals surface area contributed by atoms with Crippen LogP contribution in [0.5, 0.6) is 0 Å². The molecule has 2 heterocycles. The number of rotatable bonds is 5. The molecule has 1 aliphatic heterocycles. The molecule has 0 amide bonds. The second-order valence-corrected chi connectivity index (χ2v) is 13.7. The van der Waals surface area contributed by atoms with Crippen molar-refractivity contribution in [2.75, 3.05) is 4.90 Å². The smallest absolute Gasteiger partial charge is 0.0643 e. The zero-order valence-electron chi connectivity index (χ0n) is 26.2. The molecule has 0 saturated heterocycles. The Morgan fingerprint density at radius 2 is 1.34 bits per heavy atom. The van der Waals surface area contributed by atoms with E-state index < -0.39 is 0 Å². The lowest BCUT2D eigenvalue weighted by molar-refractivity contribution is 0.435. The summed E-state index contributed by atoms with van der Waals surface area (Å²) < 4.78 is 2.60. The van der Waals surface area contributed by atoms with E-state index in [0.717, 1.165) is 12.8 Å². The highest BCUT2D eigenvalue weighted by Gasteiger charge is 2.37. The minimum Gasteiger partial charge on any atom is -0.334 e. The molecule has 5 aromatic rings. The van der Waals surface area contributed by atoms with Crippen LogP contribution in [0.3, 0.4) is 0 Å². The van der Waals surface area contributed by atoms with E-state index in [2.05, 4.69) is 171 Å². The maximum atomic E-state index is 2.60. The summed E-state index contributed by atoms with van der Waals surface area (Å²) >= 11 is 0. The normalized spacial score (nSPS) is 18.9. The number of hydrogen-bond donors (Lipinski definition) is 0. The molecule has 3 aliphatic rings. The van der Waals surface area contributed by atoms with Gasteiger partial charge in [-0.25, -0.2) is 0 Å². The first kappa shape index (κ1) is 27.0. The number of fused-ring (bicyclic) bond motifs is 6. The molecule has 8 rings (SSSR count). The van der Waals surface area contributed by atoms with E-state index in [0.29, 0.717) is 12.0 Å². The standard InChI is InChI=1S/C42H40N2/c1-41(2,30-25-27-32(28-26-30)43-37-17-9-5-13-33(37)34-14-6-10-18-38(34)43)29-21-23-31(24-22-29)42(3,4)44-39-19-11-7-15-35(39)36-16-8-12-20-40(36)44/h5-11,13-19,21-28,33,37H,12,20H2,1-4H3. The van der Waals surface area contributed by atoms with Crippen LogP contribution < -0.4 is 4.90 Å². The van der Waals surface area contributed by atoms with E-state index in [1.54, 1.807) is 0 Å². The molecule has 44 heavy (non-hydrogen) atoms. The van der Waals surface area contributed by atoms with Gasteiger partial charge in [0.15, 0.2) is 0 Å². The Labute approximate surface area is 261 Å². The second-order valence-electron chi connectivity index (χ2n) is 13.7. The SMILES string of the molecule is CC(C)(c1ccc(N2c3ccccc3C3C=CC=CC32)cc1)c1ccc(C(C)(C)n2c3c(c4ccccc42)C=CCC3)cc1. The van der Waals surface area contributed by atoms with Crippen molar-refractivity contribution >= 4 is 28.4 Å². The molecule has 2 aliphatic carbocycles. The quantitative estimate of drug-likeness (QED) is 0.203. The third kappa shape index (κ3) is 4.00. The minimum atomic E-state index is -0.171. The van der Waals surface area contributed by atoms with Crippen molar-refractivity contribution in [2.24, 2.45) is 0 Å². The first-order valence-corrected chi connectivity index (χ1v) is 16.1. The minimum absolute atomic E-state index is 0.121. The zero-order chi connectivity index (χ0) is 30.1. The topological polar surface area (TPSA) is 8.17 Å². The first-order valence-electron chi connectivity index (χ1n) is 16.1. The van der Waals surface area contributed by atoms with E-state index >= 15 is 0 Å². The number of anilines is 2. The predicted octanol–water partition coefficient (Wildman–Crippen LogP) is 10.4. The van der Waals surface area contributed by atoms with Crippen molar-refractivity contribution in [3.8, 4) is 0 Å². The molecule has 2 nitrogen and oxygen atoms in total. The Morgan fingerprint density at radius 3 is 2.14 bits per heavy atom. The summed E-state index contributed by atoms with van der Waals surface area (Å²) in [7, 11) is 0. The van der Waals surface area contributed by atoms with Crippen molar-refractivity contribution in [3.05, 3.63) is 161 Å². The Bertz CT molecular complexity index is 1960. The van der Waals surface area contributed by atoms with Crippen LogP contribution in [-0.2, 0) is 17.4 Å². The molecule has 218 valence electrons. The lowest BCUT2D eigenvalue weighted by Crippen LogP contribution is -2.30. The van der Waals surface area contributed by atoms with Gasteiger partial charge in [0.2, 0.25) is 0 Å². The molecule has 0 bridgehead atoms. The molecule has 0 saturated carbocycles. The largest absolute Gasteiger partial charge is 0.334 e. The van der Waals surface area contributed by atoms with Crippen LogP contribution >= 0.6 is 0 Å². The van der Waals surface area contributed by atoms with E-state index in [9.17, 15) is 0 Å². The number of aromatic nitrogens is 1. The van der Waals surface area contributed by atoms with Crippen molar-refractivity contribution in [2.45, 2.75) is 63.5 Å². The third-order valence-electron chi connectivity index (χ3n) is 10.5. The van der Waals surface area contributed by atoms with E-state index in [1.807, 2.05) is 0 Å². The molecule has 0 radical (unpaired) electrons. The molecule has 1 aromatic heterocycles. The summed E-state index contributed by atoms with van der Waals surface area (Å²) in [6.45, 7) is 9.44. The number of benzene rings is 4. The highest BCUT2D eigenvalue weighted by atomic mass is 15.2. The van der Waals surface area contributed by atoms with E-state index in [4.69, 9.17) is 0 Å². The zero-order valence-corrected chi connectivity index (χ0v) is 26.2. The second kappa shape index (κ2) is 9.99. The van der Waals surface area contributed by atoms with E-state index in [-0.39, 0.29) is 11.0 Å². The lowest BCUT2D eigenvalue weighted by atomic mass is 9.77. The van der Waals surface area contributed by atoms with Gasteiger partial charge in [0, 0.05) is 44.9 Å². The molecule has 0 N–H and O–H groups in total. The highest BCUT2D eigenvalue weighted by molar-refractivity contribution is 5.92. The fraction of sp³-hybridized carbons (Fsp3) is 0.238. The molecule has 4 aromatic carbocycles. The average Bonchev–Trinajstić information content (AvgIpc) is 3.58. The first-order chi connectivity index (χ1) is 21.4. The van der Waals surface area contributed by atoms with Gasteiger partial charge in [-0.3, -0.25) is 0 Å². The number of nitrogens with zero attached hydrogens (tertiary/aromatic N) is 2. The van der Waals surface area contributed by atoms with E-state index in [1.165, 1.54) is 55.8 Å². The summed E-state index contributed by atoms with van der Waals surface area (Å²) in [6, 6.07) is 36.8. The average molecular weight is 573 g/mol. The maximum Gasteiger partial charge on any atom is 0.0643 e. The van der Waals surface area contributed by atoms with Crippen LogP contribution in [0.25, 0.3) is 17.0 Å². The van der Waals surface area contributed by atoms with Gasteiger partial charge in [-0.15, -0.1) is 0 Å². The van der Waals surface area contributed by atoms with Gasteiger partial charge in [0.1, 0.15) is 0 Å². The van der Waals surface area contributed by atoms with Gasteiger partial charge in [0.25, 0.3) is 0 Å². The van der Waals surface area contributed by atoms with Gasteiger partial charge in [-0.05, 0) is 73.2 Å². The Hall–Kier alpha value is -4.56. The van der Waals surface area contributed by atoms with Gasteiger partial charge < -0.3 is 9.47 Å². The van der Waals surface area contributed by atoms with Gasteiger partial charge >= 0.3 is 0 Å².